The maximum Gasteiger partial charge on any atom is 0.154 e. The van der Waals surface area contributed by atoms with Gasteiger partial charge >= 0.3 is 0 Å². The third-order valence-corrected chi connectivity index (χ3v) is 4.14. The lowest BCUT2D eigenvalue weighted by molar-refractivity contribution is 0.112. The van der Waals surface area contributed by atoms with Crippen molar-refractivity contribution >= 4 is 27.8 Å². The van der Waals surface area contributed by atoms with Crippen molar-refractivity contribution in [3.8, 4) is 16.9 Å². The molecule has 0 amide bonds. The van der Waals surface area contributed by atoms with Crippen LogP contribution in [-0.2, 0) is 0 Å². The fourth-order valence-electron chi connectivity index (χ4n) is 2.98. The number of pyridine rings is 1. The van der Waals surface area contributed by atoms with Gasteiger partial charge in [0, 0.05) is 23.3 Å². The number of benzene rings is 3. The van der Waals surface area contributed by atoms with Crippen molar-refractivity contribution < 1.29 is 9.90 Å². The number of aromatic nitrogens is 1. The number of aldehydes is 1. The summed E-state index contributed by atoms with van der Waals surface area (Å²) < 4.78 is 0. The zero-order valence-electron chi connectivity index (χ0n) is 12.2. The Hall–Kier alpha value is -3.20. The number of phenols is 1. The molecular weight excluding hydrogens is 298 g/mol. The molecule has 0 saturated carbocycles. The highest BCUT2D eigenvalue weighted by Crippen LogP contribution is 2.32. The van der Waals surface area contributed by atoms with Crippen molar-refractivity contribution in [2.75, 3.05) is 0 Å². The van der Waals surface area contributed by atoms with Gasteiger partial charge in [-0.05, 0) is 33.9 Å². The molecule has 4 aromatic rings. The summed E-state index contributed by atoms with van der Waals surface area (Å²) in [6, 6.07) is 17.3. The van der Waals surface area contributed by atoms with E-state index in [0.717, 1.165) is 32.7 Å². The van der Waals surface area contributed by atoms with Crippen LogP contribution in [0, 0.1) is 0 Å². The highest BCUT2D eigenvalue weighted by atomic mass is 16.3. The molecule has 0 bridgehead atoms. The van der Waals surface area contributed by atoms with Crippen LogP contribution in [0.3, 0.4) is 0 Å². The standard InChI is InChI=1S/C20H13NO2.CH4/c22-12-19-17-7-5-14(9-13(17)6-8-20(19)23)18-11-21-10-15-3-1-2-4-16(15)18;/h1-12,23H;1H4. The summed E-state index contributed by atoms with van der Waals surface area (Å²) in [5, 5.41) is 13.7. The van der Waals surface area contributed by atoms with E-state index in [9.17, 15) is 9.90 Å². The van der Waals surface area contributed by atoms with Crippen molar-refractivity contribution in [3.63, 3.8) is 0 Å². The number of hydrogen-bond donors (Lipinski definition) is 1. The van der Waals surface area contributed by atoms with Crippen LogP contribution < -0.4 is 0 Å². The number of carbonyl (C=O) groups is 1. The molecule has 0 radical (unpaired) electrons. The van der Waals surface area contributed by atoms with Gasteiger partial charge in [0.05, 0.1) is 5.56 Å². The normalized spacial score (nSPS) is 10.5. The molecule has 0 fully saturated rings. The molecular formula is C21H17NO2. The Morgan fingerprint density at radius 1 is 0.875 bits per heavy atom. The molecule has 1 heterocycles. The number of fused-ring (bicyclic) bond motifs is 2. The van der Waals surface area contributed by atoms with E-state index in [1.807, 2.05) is 54.9 Å². The van der Waals surface area contributed by atoms with Crippen LogP contribution in [-0.4, -0.2) is 16.4 Å². The smallest absolute Gasteiger partial charge is 0.154 e. The quantitative estimate of drug-likeness (QED) is 0.517. The Morgan fingerprint density at radius 3 is 2.54 bits per heavy atom. The van der Waals surface area contributed by atoms with Crippen LogP contribution in [0.25, 0.3) is 32.7 Å². The zero-order chi connectivity index (χ0) is 15.8. The third kappa shape index (κ3) is 2.40. The fraction of sp³-hybridized carbons (Fsp3) is 0.0476. The number of rotatable bonds is 2. The molecule has 24 heavy (non-hydrogen) atoms. The lowest BCUT2D eigenvalue weighted by Gasteiger charge is -2.09. The topological polar surface area (TPSA) is 50.2 Å². The van der Waals surface area contributed by atoms with E-state index in [4.69, 9.17) is 0 Å². The van der Waals surface area contributed by atoms with Gasteiger partial charge in [-0.2, -0.15) is 0 Å². The first-order valence-electron chi connectivity index (χ1n) is 7.32. The van der Waals surface area contributed by atoms with E-state index < -0.39 is 0 Å². The Kier molecular flexibility index (Phi) is 4.00. The van der Waals surface area contributed by atoms with E-state index >= 15 is 0 Å². The largest absolute Gasteiger partial charge is 0.507 e. The van der Waals surface area contributed by atoms with Gasteiger partial charge in [0.1, 0.15) is 5.75 Å². The Morgan fingerprint density at radius 2 is 1.71 bits per heavy atom. The van der Waals surface area contributed by atoms with Gasteiger partial charge in [0.2, 0.25) is 0 Å². The van der Waals surface area contributed by atoms with Gasteiger partial charge < -0.3 is 5.11 Å². The monoisotopic (exact) mass is 315 g/mol. The van der Waals surface area contributed by atoms with Crippen molar-refractivity contribution in [1.82, 2.24) is 4.98 Å². The van der Waals surface area contributed by atoms with Gasteiger partial charge in [-0.15, -0.1) is 0 Å². The minimum atomic E-state index is 0. The number of hydrogen-bond acceptors (Lipinski definition) is 3. The minimum absolute atomic E-state index is 0. The van der Waals surface area contributed by atoms with Gasteiger partial charge in [0.25, 0.3) is 0 Å². The van der Waals surface area contributed by atoms with E-state index in [0.29, 0.717) is 11.8 Å². The van der Waals surface area contributed by atoms with Crippen molar-refractivity contribution in [2.45, 2.75) is 7.43 Å². The van der Waals surface area contributed by atoms with Gasteiger partial charge in [-0.1, -0.05) is 49.9 Å². The van der Waals surface area contributed by atoms with Crippen LogP contribution >= 0.6 is 0 Å². The van der Waals surface area contributed by atoms with Crippen molar-refractivity contribution in [2.24, 2.45) is 0 Å². The Balaban J connectivity index is 0.00000169. The lowest BCUT2D eigenvalue weighted by atomic mass is 9.96. The van der Waals surface area contributed by atoms with Gasteiger partial charge in [-0.25, -0.2) is 0 Å². The van der Waals surface area contributed by atoms with E-state index in [1.165, 1.54) is 0 Å². The number of carbonyl (C=O) groups excluding carboxylic acids is 1. The average Bonchev–Trinajstić information content (AvgIpc) is 2.61. The van der Waals surface area contributed by atoms with Crippen molar-refractivity contribution in [3.05, 3.63) is 72.6 Å². The molecule has 3 aromatic carbocycles. The summed E-state index contributed by atoms with van der Waals surface area (Å²) in [6.45, 7) is 0. The summed E-state index contributed by atoms with van der Waals surface area (Å²) in [4.78, 5) is 15.5. The summed E-state index contributed by atoms with van der Waals surface area (Å²) in [5.41, 5.74) is 2.40. The molecule has 0 aliphatic carbocycles. The fourth-order valence-corrected chi connectivity index (χ4v) is 2.98. The average molecular weight is 315 g/mol. The molecule has 0 saturated heterocycles. The van der Waals surface area contributed by atoms with Gasteiger partial charge in [0.15, 0.2) is 6.29 Å². The van der Waals surface area contributed by atoms with Crippen LogP contribution in [0.2, 0.25) is 0 Å². The van der Waals surface area contributed by atoms with Crippen LogP contribution in [0.1, 0.15) is 17.8 Å². The second-order valence-electron chi connectivity index (χ2n) is 5.46. The predicted molar refractivity (Wildman–Crippen MR) is 98.5 cm³/mol. The number of aromatic hydroxyl groups is 1. The highest BCUT2D eigenvalue weighted by Gasteiger charge is 2.09. The SMILES string of the molecule is C.O=Cc1c(O)ccc2cc(-c3cncc4ccccc34)ccc12. The van der Waals surface area contributed by atoms with E-state index in [-0.39, 0.29) is 13.2 Å². The van der Waals surface area contributed by atoms with Gasteiger partial charge in [-0.3, -0.25) is 9.78 Å². The first kappa shape index (κ1) is 15.7. The highest BCUT2D eigenvalue weighted by molar-refractivity contribution is 6.03. The summed E-state index contributed by atoms with van der Waals surface area (Å²) in [5.74, 6) is 0.00655. The summed E-state index contributed by atoms with van der Waals surface area (Å²) in [7, 11) is 0. The first-order valence-corrected chi connectivity index (χ1v) is 7.32. The first-order chi connectivity index (χ1) is 11.3. The van der Waals surface area contributed by atoms with Crippen molar-refractivity contribution in [1.29, 1.82) is 0 Å². The van der Waals surface area contributed by atoms with E-state index in [2.05, 4.69) is 11.1 Å². The molecule has 0 atom stereocenters. The number of phenolic OH excluding ortho intramolecular Hbond substituents is 1. The molecule has 0 unspecified atom stereocenters. The molecule has 0 aliphatic heterocycles. The predicted octanol–water partition coefficient (Wildman–Crippen LogP) is 5.21. The maximum atomic E-state index is 11.2. The molecule has 4 rings (SSSR count). The molecule has 0 spiro atoms. The van der Waals surface area contributed by atoms with Crippen LogP contribution in [0.15, 0.2) is 67.0 Å². The second-order valence-corrected chi connectivity index (χ2v) is 5.46. The zero-order valence-corrected chi connectivity index (χ0v) is 12.2. The molecule has 3 heteroatoms. The summed E-state index contributed by atoms with van der Waals surface area (Å²) in [6.07, 6.45) is 4.39. The second kappa shape index (κ2) is 6.13. The Labute approximate surface area is 140 Å². The molecule has 1 N–H and O–H groups in total. The molecule has 3 nitrogen and oxygen atoms in total. The maximum absolute atomic E-state index is 11.2. The lowest BCUT2D eigenvalue weighted by Crippen LogP contribution is -1.87. The number of nitrogens with zero attached hydrogens (tertiary/aromatic N) is 1. The summed E-state index contributed by atoms with van der Waals surface area (Å²) >= 11 is 0. The van der Waals surface area contributed by atoms with E-state index in [1.54, 1.807) is 6.07 Å². The molecule has 118 valence electrons. The molecule has 1 aromatic heterocycles. The van der Waals surface area contributed by atoms with Crippen LogP contribution in [0.4, 0.5) is 0 Å². The molecule has 0 aliphatic rings. The third-order valence-electron chi connectivity index (χ3n) is 4.14. The van der Waals surface area contributed by atoms with Crippen LogP contribution in [0.5, 0.6) is 5.75 Å². The minimum Gasteiger partial charge on any atom is -0.507 e. The Bertz CT molecular complexity index is 1050.